The number of aryl methyl sites for hydroxylation is 1. The molecule has 3 nitrogen and oxygen atoms in total. The topological polar surface area (TPSA) is 34.9 Å². The second kappa shape index (κ2) is 4.63. The predicted octanol–water partition coefficient (Wildman–Crippen LogP) is 2.46. The molecule has 0 bridgehead atoms. The number of carbonyl (C=O) groups is 1. The summed E-state index contributed by atoms with van der Waals surface area (Å²) in [5, 5.41) is 5.96. The molecule has 0 fully saturated rings. The first-order valence-electron chi connectivity index (χ1n) is 4.44. The molecule has 15 heavy (non-hydrogen) atoms. The lowest BCUT2D eigenvalue weighted by Gasteiger charge is -1.95. The molecule has 0 atom stereocenters. The Kier molecular flexibility index (Phi) is 3.23. The van der Waals surface area contributed by atoms with Gasteiger partial charge in [-0.3, -0.25) is 9.48 Å². The number of rotatable bonds is 4. The Morgan fingerprint density at radius 1 is 1.67 bits per heavy atom. The van der Waals surface area contributed by atoms with E-state index in [1.807, 2.05) is 30.8 Å². The molecule has 0 aliphatic heterocycles. The van der Waals surface area contributed by atoms with Gasteiger partial charge in [-0.25, -0.2) is 0 Å². The SMILES string of the molecule is Cn1cc(SCC(=O)c2cccs2)cn1. The number of carbonyl (C=O) groups excluding carboxylic acids is 1. The largest absolute Gasteiger partial charge is 0.292 e. The Labute approximate surface area is 96.1 Å². The van der Waals surface area contributed by atoms with E-state index >= 15 is 0 Å². The molecular formula is C10H10N2OS2. The van der Waals surface area contributed by atoms with Crippen molar-refractivity contribution in [3.05, 3.63) is 34.8 Å². The van der Waals surface area contributed by atoms with Gasteiger partial charge in [0.2, 0.25) is 0 Å². The minimum Gasteiger partial charge on any atom is -0.292 e. The Balaban J connectivity index is 1.91. The number of ketones is 1. The minimum absolute atomic E-state index is 0.179. The molecule has 78 valence electrons. The van der Waals surface area contributed by atoms with Crippen LogP contribution in [0, 0.1) is 0 Å². The van der Waals surface area contributed by atoms with Gasteiger partial charge in [0.05, 0.1) is 16.8 Å². The van der Waals surface area contributed by atoms with Gasteiger partial charge in [-0.15, -0.1) is 23.1 Å². The average molecular weight is 238 g/mol. The number of hydrogen-bond donors (Lipinski definition) is 0. The highest BCUT2D eigenvalue weighted by atomic mass is 32.2. The normalized spacial score (nSPS) is 10.5. The van der Waals surface area contributed by atoms with Gasteiger partial charge in [0.25, 0.3) is 0 Å². The van der Waals surface area contributed by atoms with E-state index in [2.05, 4.69) is 5.10 Å². The van der Waals surface area contributed by atoms with Crippen molar-refractivity contribution in [1.82, 2.24) is 9.78 Å². The summed E-state index contributed by atoms with van der Waals surface area (Å²) < 4.78 is 1.73. The zero-order valence-electron chi connectivity index (χ0n) is 8.21. The summed E-state index contributed by atoms with van der Waals surface area (Å²) in [5.41, 5.74) is 0. The highest BCUT2D eigenvalue weighted by molar-refractivity contribution is 8.00. The summed E-state index contributed by atoms with van der Waals surface area (Å²) in [5.74, 6) is 0.658. The fourth-order valence-electron chi connectivity index (χ4n) is 1.13. The van der Waals surface area contributed by atoms with E-state index in [9.17, 15) is 4.79 Å². The average Bonchev–Trinajstić information content (AvgIpc) is 2.84. The zero-order valence-corrected chi connectivity index (χ0v) is 9.85. The number of nitrogens with zero attached hydrogens (tertiary/aromatic N) is 2. The molecule has 0 radical (unpaired) electrons. The fraction of sp³-hybridized carbons (Fsp3) is 0.200. The Morgan fingerprint density at radius 3 is 3.13 bits per heavy atom. The summed E-state index contributed by atoms with van der Waals surface area (Å²) in [6.45, 7) is 0. The standard InChI is InChI=1S/C10H10N2OS2/c1-12-6-8(5-11-12)15-7-9(13)10-3-2-4-14-10/h2-6H,7H2,1H3. The number of hydrogen-bond acceptors (Lipinski definition) is 4. The van der Waals surface area contributed by atoms with Crippen LogP contribution in [0.1, 0.15) is 9.67 Å². The van der Waals surface area contributed by atoms with E-state index in [4.69, 9.17) is 0 Å². The molecule has 0 saturated carbocycles. The van der Waals surface area contributed by atoms with Gasteiger partial charge in [0.15, 0.2) is 5.78 Å². The van der Waals surface area contributed by atoms with Gasteiger partial charge >= 0.3 is 0 Å². The van der Waals surface area contributed by atoms with Gasteiger partial charge in [-0.1, -0.05) is 6.07 Å². The lowest BCUT2D eigenvalue weighted by Crippen LogP contribution is -1.98. The van der Waals surface area contributed by atoms with Gasteiger partial charge in [-0.2, -0.15) is 5.10 Å². The van der Waals surface area contributed by atoms with Crippen LogP contribution < -0.4 is 0 Å². The van der Waals surface area contributed by atoms with Gasteiger partial charge in [0, 0.05) is 18.1 Å². The highest BCUT2D eigenvalue weighted by Gasteiger charge is 2.07. The smallest absolute Gasteiger partial charge is 0.182 e. The predicted molar refractivity (Wildman–Crippen MR) is 62.6 cm³/mol. The molecule has 5 heteroatoms. The third kappa shape index (κ3) is 2.70. The number of thiophene rings is 1. The molecule has 0 amide bonds. The van der Waals surface area contributed by atoms with Crippen molar-refractivity contribution in [2.45, 2.75) is 4.90 Å². The van der Waals surface area contributed by atoms with Gasteiger partial charge in [0.1, 0.15) is 0 Å². The van der Waals surface area contributed by atoms with Crippen LogP contribution >= 0.6 is 23.1 Å². The minimum atomic E-state index is 0.179. The molecule has 0 aliphatic rings. The molecule has 2 aromatic rings. The molecule has 0 aromatic carbocycles. The second-order valence-corrected chi connectivity index (χ2v) is 5.04. The summed E-state index contributed by atoms with van der Waals surface area (Å²) in [7, 11) is 1.87. The van der Waals surface area contributed by atoms with Crippen LogP contribution in [0.3, 0.4) is 0 Å². The van der Waals surface area contributed by atoms with Crippen molar-refractivity contribution >= 4 is 28.9 Å². The van der Waals surface area contributed by atoms with Crippen LogP contribution in [0.2, 0.25) is 0 Å². The maximum absolute atomic E-state index is 11.6. The van der Waals surface area contributed by atoms with Crippen LogP contribution in [-0.2, 0) is 7.05 Å². The molecule has 2 heterocycles. The first-order valence-corrected chi connectivity index (χ1v) is 6.30. The zero-order chi connectivity index (χ0) is 10.7. The molecule has 0 unspecified atom stereocenters. The lowest BCUT2D eigenvalue weighted by molar-refractivity contribution is 0.102. The van der Waals surface area contributed by atoms with E-state index in [-0.39, 0.29) is 5.78 Å². The van der Waals surface area contributed by atoms with Crippen molar-refractivity contribution in [1.29, 1.82) is 0 Å². The van der Waals surface area contributed by atoms with Crippen LogP contribution in [0.4, 0.5) is 0 Å². The molecule has 0 N–H and O–H groups in total. The number of Topliss-reactive ketones (excluding diaryl/α,β-unsaturated/α-hetero) is 1. The van der Waals surface area contributed by atoms with Crippen molar-refractivity contribution in [3.8, 4) is 0 Å². The molecule has 2 aromatic heterocycles. The van der Waals surface area contributed by atoms with E-state index in [1.165, 1.54) is 23.1 Å². The van der Waals surface area contributed by atoms with E-state index in [0.717, 1.165) is 9.77 Å². The molecular weight excluding hydrogens is 228 g/mol. The number of aromatic nitrogens is 2. The van der Waals surface area contributed by atoms with Gasteiger partial charge in [-0.05, 0) is 11.4 Å². The number of thioether (sulfide) groups is 1. The van der Waals surface area contributed by atoms with Gasteiger partial charge < -0.3 is 0 Å². The van der Waals surface area contributed by atoms with E-state index in [0.29, 0.717) is 5.75 Å². The summed E-state index contributed by atoms with van der Waals surface area (Å²) >= 11 is 3.01. The monoisotopic (exact) mass is 238 g/mol. The van der Waals surface area contributed by atoms with Crippen LogP contribution in [-0.4, -0.2) is 21.3 Å². The van der Waals surface area contributed by atoms with Crippen LogP contribution in [0.15, 0.2) is 34.8 Å². The highest BCUT2D eigenvalue weighted by Crippen LogP contribution is 2.19. The fourth-order valence-corrected chi connectivity index (χ4v) is 2.69. The maximum Gasteiger partial charge on any atom is 0.182 e. The maximum atomic E-state index is 11.6. The quantitative estimate of drug-likeness (QED) is 0.606. The second-order valence-electron chi connectivity index (χ2n) is 3.04. The van der Waals surface area contributed by atoms with Crippen molar-refractivity contribution in [3.63, 3.8) is 0 Å². The third-order valence-corrected chi connectivity index (χ3v) is 3.71. The van der Waals surface area contributed by atoms with E-state index < -0.39 is 0 Å². The molecule has 0 saturated heterocycles. The Bertz CT molecular complexity index is 448. The van der Waals surface area contributed by atoms with Crippen molar-refractivity contribution < 1.29 is 4.79 Å². The van der Waals surface area contributed by atoms with E-state index in [1.54, 1.807) is 10.9 Å². The Morgan fingerprint density at radius 2 is 2.53 bits per heavy atom. The third-order valence-electron chi connectivity index (χ3n) is 1.85. The summed E-state index contributed by atoms with van der Waals surface area (Å²) in [6, 6.07) is 3.75. The first-order chi connectivity index (χ1) is 7.25. The van der Waals surface area contributed by atoms with Crippen molar-refractivity contribution in [2.75, 3.05) is 5.75 Å². The molecule has 0 aliphatic carbocycles. The summed E-state index contributed by atoms with van der Waals surface area (Å²) in [4.78, 5) is 13.5. The summed E-state index contributed by atoms with van der Waals surface area (Å²) in [6.07, 6.45) is 3.68. The van der Waals surface area contributed by atoms with Crippen LogP contribution in [0.25, 0.3) is 0 Å². The Hall–Kier alpha value is -1.07. The van der Waals surface area contributed by atoms with Crippen LogP contribution in [0.5, 0.6) is 0 Å². The lowest BCUT2D eigenvalue weighted by atomic mass is 10.4. The molecule has 2 rings (SSSR count). The first kappa shape index (κ1) is 10.4. The van der Waals surface area contributed by atoms with Crippen molar-refractivity contribution in [2.24, 2.45) is 7.05 Å². The molecule has 0 spiro atoms.